The molecule has 1 aliphatic rings. The summed E-state index contributed by atoms with van der Waals surface area (Å²) in [4.78, 5) is 11.5. The summed E-state index contributed by atoms with van der Waals surface area (Å²) < 4.78 is 6.34. The van der Waals surface area contributed by atoms with Crippen molar-refractivity contribution in [2.45, 2.75) is 44.3 Å². The smallest absolute Gasteiger partial charge is 0.225 e. The predicted octanol–water partition coefficient (Wildman–Crippen LogP) is 4.56. The minimum atomic E-state index is 0.409. The Morgan fingerprint density at radius 3 is 2.50 bits per heavy atom. The third-order valence-electron chi connectivity index (χ3n) is 5.26. The van der Waals surface area contributed by atoms with Crippen LogP contribution < -0.4 is 15.5 Å². The second-order valence-electron chi connectivity index (χ2n) is 7.56. The first-order valence-corrected chi connectivity index (χ1v) is 10.6. The quantitative estimate of drug-likeness (QED) is 0.581. The molecule has 4 rings (SSSR count). The molecular formula is C21H26BrN5O. The number of anilines is 2. The van der Waals surface area contributed by atoms with Gasteiger partial charge in [0.15, 0.2) is 4.67 Å². The number of nitrogens with one attached hydrogen (secondary N) is 2. The van der Waals surface area contributed by atoms with Crippen LogP contribution >= 0.6 is 15.9 Å². The number of hydrogen-bond donors (Lipinski definition) is 2. The van der Waals surface area contributed by atoms with E-state index in [4.69, 9.17) is 14.4 Å². The van der Waals surface area contributed by atoms with Gasteiger partial charge in [0, 0.05) is 31.6 Å². The zero-order valence-corrected chi connectivity index (χ0v) is 17.9. The lowest BCUT2D eigenvalue weighted by Crippen LogP contribution is -2.36. The molecule has 0 bridgehead atoms. The Bertz CT molecular complexity index is 933. The van der Waals surface area contributed by atoms with Gasteiger partial charge >= 0.3 is 0 Å². The van der Waals surface area contributed by atoms with Crippen LogP contribution in [0.25, 0.3) is 10.9 Å². The molecule has 2 N–H and O–H groups in total. The lowest BCUT2D eigenvalue weighted by molar-refractivity contribution is 0.339. The molecule has 1 fully saturated rings. The SMILES string of the molecule is CN(C)c1nc(N[C@H]2CC[C@@H](NCc3ccc(Br)o3)CC2)nc2ccccc12. The topological polar surface area (TPSA) is 66.2 Å². The van der Waals surface area contributed by atoms with Crippen LogP contribution in [0.1, 0.15) is 31.4 Å². The second kappa shape index (κ2) is 8.49. The van der Waals surface area contributed by atoms with Crippen molar-refractivity contribution in [3.8, 4) is 0 Å². The van der Waals surface area contributed by atoms with E-state index < -0.39 is 0 Å². The number of para-hydroxylation sites is 1. The predicted molar refractivity (Wildman–Crippen MR) is 117 cm³/mol. The van der Waals surface area contributed by atoms with Crippen LogP contribution in [-0.4, -0.2) is 36.1 Å². The highest BCUT2D eigenvalue weighted by Crippen LogP contribution is 2.26. The molecule has 0 saturated heterocycles. The summed E-state index contributed by atoms with van der Waals surface area (Å²) in [6.07, 6.45) is 4.47. The van der Waals surface area contributed by atoms with Gasteiger partial charge in [0.1, 0.15) is 11.6 Å². The summed E-state index contributed by atoms with van der Waals surface area (Å²) >= 11 is 3.35. The van der Waals surface area contributed by atoms with Crippen LogP contribution in [0.4, 0.5) is 11.8 Å². The lowest BCUT2D eigenvalue weighted by Gasteiger charge is -2.30. The standard InChI is InChI=1S/C21H26BrN5O/c1-27(2)20-17-5-3-4-6-18(17)25-21(26-20)24-15-9-7-14(8-10-15)23-13-16-11-12-19(22)28-16/h3-6,11-12,14-15,23H,7-10,13H2,1-2H3,(H,24,25,26)/t14-,15+. The van der Waals surface area contributed by atoms with Gasteiger partial charge in [-0.25, -0.2) is 4.98 Å². The maximum atomic E-state index is 5.56. The van der Waals surface area contributed by atoms with E-state index in [1.165, 1.54) is 0 Å². The van der Waals surface area contributed by atoms with Gasteiger partial charge in [0.05, 0.1) is 12.1 Å². The fraction of sp³-hybridized carbons (Fsp3) is 0.429. The number of halogens is 1. The fourth-order valence-corrected chi connectivity index (χ4v) is 4.12. The summed E-state index contributed by atoms with van der Waals surface area (Å²) in [7, 11) is 4.04. The zero-order valence-electron chi connectivity index (χ0n) is 16.3. The van der Waals surface area contributed by atoms with Gasteiger partial charge in [0.2, 0.25) is 5.95 Å². The van der Waals surface area contributed by atoms with Crippen molar-refractivity contribution in [3.05, 3.63) is 46.8 Å². The molecule has 2 aromatic heterocycles. The van der Waals surface area contributed by atoms with Gasteiger partial charge in [-0.3, -0.25) is 0 Å². The molecular weight excluding hydrogens is 418 g/mol. The average Bonchev–Trinajstić information content (AvgIpc) is 3.12. The molecule has 0 aliphatic heterocycles. The number of fused-ring (bicyclic) bond motifs is 1. The van der Waals surface area contributed by atoms with E-state index in [1.54, 1.807) is 0 Å². The highest BCUT2D eigenvalue weighted by atomic mass is 79.9. The highest BCUT2D eigenvalue weighted by Gasteiger charge is 2.22. The zero-order chi connectivity index (χ0) is 19.5. The van der Waals surface area contributed by atoms with E-state index >= 15 is 0 Å². The molecule has 3 aromatic rings. The molecule has 6 nitrogen and oxygen atoms in total. The van der Waals surface area contributed by atoms with E-state index in [-0.39, 0.29) is 0 Å². The van der Waals surface area contributed by atoms with Gasteiger partial charge in [-0.2, -0.15) is 4.98 Å². The van der Waals surface area contributed by atoms with Crippen molar-refractivity contribution in [2.75, 3.05) is 24.3 Å². The summed E-state index contributed by atoms with van der Waals surface area (Å²) in [5, 5.41) is 8.25. The maximum Gasteiger partial charge on any atom is 0.225 e. The Hall–Kier alpha value is -2.12. The highest BCUT2D eigenvalue weighted by molar-refractivity contribution is 9.10. The van der Waals surface area contributed by atoms with Crippen LogP contribution in [0.2, 0.25) is 0 Å². The summed E-state index contributed by atoms with van der Waals surface area (Å²) in [5.74, 6) is 2.64. The lowest BCUT2D eigenvalue weighted by atomic mass is 9.91. The molecule has 0 spiro atoms. The van der Waals surface area contributed by atoms with Crippen molar-refractivity contribution in [2.24, 2.45) is 0 Å². The molecule has 148 valence electrons. The van der Waals surface area contributed by atoms with Crippen LogP contribution in [0.3, 0.4) is 0 Å². The van der Waals surface area contributed by atoms with Gasteiger partial charge in [-0.15, -0.1) is 0 Å². The molecule has 0 amide bonds. The van der Waals surface area contributed by atoms with Crippen molar-refractivity contribution in [1.82, 2.24) is 15.3 Å². The number of rotatable bonds is 6. The molecule has 0 unspecified atom stereocenters. The molecule has 28 heavy (non-hydrogen) atoms. The molecule has 0 radical (unpaired) electrons. The molecule has 1 aromatic carbocycles. The van der Waals surface area contributed by atoms with E-state index in [1.807, 2.05) is 49.3 Å². The average molecular weight is 444 g/mol. The molecule has 1 aliphatic carbocycles. The first-order valence-electron chi connectivity index (χ1n) is 9.77. The van der Waals surface area contributed by atoms with Crippen molar-refractivity contribution < 1.29 is 4.42 Å². The first kappa shape index (κ1) is 19.2. The van der Waals surface area contributed by atoms with Crippen LogP contribution in [0.5, 0.6) is 0 Å². The van der Waals surface area contributed by atoms with Gasteiger partial charge in [-0.05, 0) is 65.9 Å². The maximum absolute atomic E-state index is 5.56. The number of furan rings is 1. The van der Waals surface area contributed by atoms with Gasteiger partial charge in [-0.1, -0.05) is 12.1 Å². The Morgan fingerprint density at radius 2 is 1.79 bits per heavy atom. The van der Waals surface area contributed by atoms with E-state index in [0.717, 1.165) is 65.3 Å². The minimum Gasteiger partial charge on any atom is -0.453 e. The van der Waals surface area contributed by atoms with Crippen molar-refractivity contribution >= 4 is 38.6 Å². The van der Waals surface area contributed by atoms with E-state index in [2.05, 4.69) is 32.6 Å². The first-order chi connectivity index (χ1) is 13.6. The number of nitrogens with zero attached hydrogens (tertiary/aromatic N) is 3. The largest absolute Gasteiger partial charge is 0.453 e. The van der Waals surface area contributed by atoms with E-state index in [9.17, 15) is 0 Å². The van der Waals surface area contributed by atoms with Crippen molar-refractivity contribution in [3.63, 3.8) is 0 Å². The molecule has 7 heteroatoms. The number of hydrogen-bond acceptors (Lipinski definition) is 6. The Kier molecular flexibility index (Phi) is 5.82. The van der Waals surface area contributed by atoms with Crippen molar-refractivity contribution in [1.29, 1.82) is 0 Å². The van der Waals surface area contributed by atoms with Gasteiger partial charge < -0.3 is 20.0 Å². The number of benzene rings is 1. The third-order valence-corrected chi connectivity index (χ3v) is 5.69. The Labute approximate surface area is 173 Å². The van der Waals surface area contributed by atoms with E-state index in [0.29, 0.717) is 12.1 Å². The minimum absolute atomic E-state index is 0.409. The second-order valence-corrected chi connectivity index (χ2v) is 8.34. The summed E-state index contributed by atoms with van der Waals surface area (Å²) in [6, 6.07) is 13.0. The monoisotopic (exact) mass is 443 g/mol. The Balaban J connectivity index is 1.35. The van der Waals surface area contributed by atoms with Crippen LogP contribution in [0.15, 0.2) is 45.5 Å². The summed E-state index contributed by atoms with van der Waals surface area (Å²) in [5.41, 5.74) is 0.976. The molecule has 2 heterocycles. The van der Waals surface area contributed by atoms with Crippen LogP contribution in [0, 0.1) is 0 Å². The summed E-state index contributed by atoms with van der Waals surface area (Å²) in [6.45, 7) is 0.772. The fourth-order valence-electron chi connectivity index (χ4n) is 3.78. The Morgan fingerprint density at radius 1 is 1.04 bits per heavy atom. The molecule has 0 atom stereocenters. The van der Waals surface area contributed by atoms with Gasteiger partial charge in [0.25, 0.3) is 0 Å². The third kappa shape index (κ3) is 4.47. The normalized spacial score (nSPS) is 19.7. The van der Waals surface area contributed by atoms with Crippen LogP contribution in [-0.2, 0) is 6.54 Å². The molecule has 1 saturated carbocycles. The number of aromatic nitrogens is 2.